The Hall–Kier alpha value is -2.32. The van der Waals surface area contributed by atoms with E-state index in [0.717, 1.165) is 38.0 Å². The number of nitrogens with zero attached hydrogens (tertiary/aromatic N) is 1. The van der Waals surface area contributed by atoms with E-state index in [0.29, 0.717) is 0 Å². The third kappa shape index (κ3) is 1.91. The minimum absolute atomic E-state index is 0.722. The maximum absolute atomic E-state index is 6.61. The summed E-state index contributed by atoms with van der Waals surface area (Å²) in [5, 5.41) is 4.94. The summed E-state index contributed by atoms with van der Waals surface area (Å²) in [6.07, 6.45) is 0. The molecule has 0 aliphatic heterocycles. The van der Waals surface area contributed by atoms with Crippen LogP contribution in [0.1, 0.15) is 0 Å². The van der Waals surface area contributed by atoms with Gasteiger partial charge in [0.2, 0.25) is 0 Å². The van der Waals surface area contributed by atoms with Gasteiger partial charge in [0.1, 0.15) is 5.75 Å². The van der Waals surface area contributed by atoms with Gasteiger partial charge in [0.15, 0.2) is 0 Å². The molecular weight excluding hydrogens is 282 g/mol. The first kappa shape index (κ1) is 12.4. The van der Waals surface area contributed by atoms with Crippen LogP contribution < -0.4 is 4.74 Å². The number of fused-ring (bicyclic) bond motifs is 3. The smallest absolute Gasteiger partial charge is 0.119 e. The fourth-order valence-corrected chi connectivity index (χ4v) is 2.99. The predicted octanol–water partition coefficient (Wildman–Crippen LogP) is 5.20. The molecule has 3 aromatic carbocycles. The number of methoxy groups -OCH3 is 1. The van der Waals surface area contributed by atoms with Crippen LogP contribution in [0.4, 0.5) is 0 Å². The van der Waals surface area contributed by atoms with Crippen LogP contribution in [0.3, 0.4) is 0 Å². The van der Waals surface area contributed by atoms with Crippen LogP contribution in [0.25, 0.3) is 32.6 Å². The molecule has 0 saturated heterocycles. The van der Waals surface area contributed by atoms with E-state index in [1.54, 1.807) is 7.11 Å². The molecule has 0 bridgehead atoms. The normalized spacial score (nSPS) is 11.3. The van der Waals surface area contributed by atoms with E-state index in [-0.39, 0.29) is 0 Å². The Morgan fingerprint density at radius 1 is 0.857 bits per heavy atom. The highest BCUT2D eigenvalue weighted by Gasteiger charge is 2.09. The molecule has 21 heavy (non-hydrogen) atoms. The summed E-state index contributed by atoms with van der Waals surface area (Å²) in [5.41, 5.74) is 1.79. The van der Waals surface area contributed by atoms with Crippen LogP contribution in [0.2, 0.25) is 5.02 Å². The van der Waals surface area contributed by atoms with Gasteiger partial charge in [-0.2, -0.15) is 0 Å². The van der Waals surface area contributed by atoms with Gasteiger partial charge in [0, 0.05) is 10.8 Å². The first-order valence-electron chi connectivity index (χ1n) is 6.72. The molecule has 0 unspecified atom stereocenters. The van der Waals surface area contributed by atoms with Crippen molar-refractivity contribution in [2.24, 2.45) is 0 Å². The molecule has 0 saturated carbocycles. The van der Waals surface area contributed by atoms with Crippen molar-refractivity contribution in [1.29, 1.82) is 0 Å². The van der Waals surface area contributed by atoms with Gasteiger partial charge in [-0.3, -0.25) is 0 Å². The van der Waals surface area contributed by atoms with Crippen LogP contribution in [0, 0.1) is 0 Å². The van der Waals surface area contributed by atoms with Gasteiger partial charge >= 0.3 is 0 Å². The van der Waals surface area contributed by atoms with Crippen molar-refractivity contribution in [3.63, 3.8) is 0 Å². The van der Waals surface area contributed by atoms with Gasteiger partial charge in [-0.05, 0) is 41.1 Å². The second kappa shape index (κ2) is 4.61. The standard InChI is InChI=1S/C18H12ClNO/c1-21-13-6-7-16-15(10-13)18(19)14-8-11-4-2-3-5-12(11)9-17(14)20-16/h2-10H,1H3. The molecule has 2 nitrogen and oxygen atoms in total. The Bertz CT molecular complexity index is 994. The molecule has 0 atom stereocenters. The van der Waals surface area contributed by atoms with Crippen molar-refractivity contribution in [2.75, 3.05) is 7.11 Å². The highest BCUT2D eigenvalue weighted by molar-refractivity contribution is 6.40. The molecule has 102 valence electrons. The van der Waals surface area contributed by atoms with Crippen molar-refractivity contribution >= 4 is 44.2 Å². The number of rotatable bonds is 1. The molecule has 4 rings (SSSR count). The number of halogens is 1. The molecule has 0 N–H and O–H groups in total. The molecule has 0 amide bonds. The Balaban J connectivity index is 2.16. The SMILES string of the molecule is COc1ccc2nc3cc4ccccc4cc3c(Cl)c2c1. The molecule has 0 spiro atoms. The summed E-state index contributed by atoms with van der Waals surface area (Å²) in [5.74, 6) is 0.784. The number of benzene rings is 3. The Morgan fingerprint density at radius 3 is 2.33 bits per heavy atom. The number of pyridine rings is 1. The van der Waals surface area contributed by atoms with Gasteiger partial charge in [0.25, 0.3) is 0 Å². The summed E-state index contributed by atoms with van der Waals surface area (Å²) in [7, 11) is 1.65. The minimum atomic E-state index is 0.722. The first-order valence-corrected chi connectivity index (χ1v) is 7.10. The third-order valence-corrected chi connectivity index (χ3v) is 4.19. The lowest BCUT2D eigenvalue weighted by molar-refractivity contribution is 0.415. The highest BCUT2D eigenvalue weighted by atomic mass is 35.5. The van der Waals surface area contributed by atoms with Crippen LogP contribution in [-0.4, -0.2) is 12.1 Å². The molecule has 1 heterocycles. The Morgan fingerprint density at radius 2 is 1.57 bits per heavy atom. The van der Waals surface area contributed by atoms with E-state index in [1.165, 1.54) is 5.39 Å². The lowest BCUT2D eigenvalue weighted by atomic mass is 10.0. The molecule has 0 radical (unpaired) electrons. The van der Waals surface area contributed by atoms with E-state index in [1.807, 2.05) is 30.3 Å². The predicted molar refractivity (Wildman–Crippen MR) is 88.3 cm³/mol. The number of hydrogen-bond donors (Lipinski definition) is 0. The zero-order valence-corrected chi connectivity index (χ0v) is 12.2. The van der Waals surface area contributed by atoms with Gasteiger partial charge < -0.3 is 4.74 Å². The third-order valence-electron chi connectivity index (χ3n) is 3.78. The second-order valence-electron chi connectivity index (χ2n) is 5.03. The molecule has 0 aliphatic carbocycles. The van der Waals surface area contributed by atoms with E-state index in [9.17, 15) is 0 Å². The fourth-order valence-electron chi connectivity index (χ4n) is 2.69. The molecule has 3 heteroatoms. The van der Waals surface area contributed by atoms with E-state index >= 15 is 0 Å². The van der Waals surface area contributed by atoms with Crippen LogP contribution in [0.15, 0.2) is 54.6 Å². The van der Waals surface area contributed by atoms with Crippen LogP contribution in [0.5, 0.6) is 5.75 Å². The summed E-state index contributed by atoms with van der Waals surface area (Å²) in [6, 6.07) is 18.2. The van der Waals surface area contributed by atoms with Crippen molar-refractivity contribution in [3.8, 4) is 5.75 Å². The van der Waals surface area contributed by atoms with Gasteiger partial charge in [-0.25, -0.2) is 4.98 Å². The maximum atomic E-state index is 6.61. The van der Waals surface area contributed by atoms with Crippen molar-refractivity contribution in [2.45, 2.75) is 0 Å². The summed E-state index contributed by atoms with van der Waals surface area (Å²) in [6.45, 7) is 0. The highest BCUT2D eigenvalue weighted by Crippen LogP contribution is 2.34. The zero-order chi connectivity index (χ0) is 14.4. The van der Waals surface area contributed by atoms with Gasteiger partial charge in [-0.1, -0.05) is 35.9 Å². The number of ether oxygens (including phenoxy) is 1. The quantitative estimate of drug-likeness (QED) is 0.450. The second-order valence-corrected chi connectivity index (χ2v) is 5.40. The molecule has 4 aromatic rings. The van der Waals surface area contributed by atoms with E-state index < -0.39 is 0 Å². The topological polar surface area (TPSA) is 22.1 Å². The average molecular weight is 294 g/mol. The minimum Gasteiger partial charge on any atom is -0.497 e. The zero-order valence-electron chi connectivity index (χ0n) is 11.4. The van der Waals surface area contributed by atoms with Crippen molar-refractivity contribution < 1.29 is 4.74 Å². The lowest BCUT2D eigenvalue weighted by Gasteiger charge is -2.08. The molecular formula is C18H12ClNO. The molecule has 1 aromatic heterocycles. The Labute approximate surface area is 126 Å². The monoisotopic (exact) mass is 293 g/mol. The molecule has 0 fully saturated rings. The number of hydrogen-bond acceptors (Lipinski definition) is 2. The van der Waals surface area contributed by atoms with E-state index in [2.05, 4.69) is 24.3 Å². The van der Waals surface area contributed by atoms with Gasteiger partial charge in [-0.15, -0.1) is 0 Å². The summed E-state index contributed by atoms with van der Waals surface area (Å²) >= 11 is 6.61. The lowest BCUT2D eigenvalue weighted by Crippen LogP contribution is -1.88. The van der Waals surface area contributed by atoms with Gasteiger partial charge in [0.05, 0.1) is 23.2 Å². The Kier molecular flexibility index (Phi) is 2.72. The van der Waals surface area contributed by atoms with Crippen molar-refractivity contribution in [3.05, 3.63) is 59.6 Å². The summed E-state index contributed by atoms with van der Waals surface area (Å²) in [4.78, 5) is 4.72. The van der Waals surface area contributed by atoms with Crippen LogP contribution >= 0.6 is 11.6 Å². The molecule has 0 aliphatic rings. The van der Waals surface area contributed by atoms with Crippen LogP contribution in [-0.2, 0) is 0 Å². The maximum Gasteiger partial charge on any atom is 0.119 e. The largest absolute Gasteiger partial charge is 0.497 e. The van der Waals surface area contributed by atoms with E-state index in [4.69, 9.17) is 21.3 Å². The first-order chi connectivity index (χ1) is 10.3. The average Bonchev–Trinajstić information content (AvgIpc) is 2.53. The fraction of sp³-hybridized carbons (Fsp3) is 0.0556. The summed E-state index contributed by atoms with van der Waals surface area (Å²) < 4.78 is 5.27. The van der Waals surface area contributed by atoms with Crippen molar-refractivity contribution in [1.82, 2.24) is 4.98 Å². The number of aromatic nitrogens is 1.